The van der Waals surface area contributed by atoms with Gasteiger partial charge in [-0.3, -0.25) is 9.69 Å². The molecule has 4 aromatic rings. The fourth-order valence-electron chi connectivity index (χ4n) is 5.03. The number of halogens is 1. The van der Waals surface area contributed by atoms with Crippen LogP contribution in [0.1, 0.15) is 18.4 Å². The minimum absolute atomic E-state index is 0.0325. The van der Waals surface area contributed by atoms with E-state index in [1.165, 1.54) is 5.56 Å². The third-order valence-corrected chi connectivity index (χ3v) is 7.49. The van der Waals surface area contributed by atoms with Crippen LogP contribution in [0.25, 0.3) is 22.6 Å². The van der Waals surface area contributed by atoms with Gasteiger partial charge in [-0.2, -0.15) is 0 Å². The van der Waals surface area contributed by atoms with Crippen LogP contribution in [0.3, 0.4) is 0 Å². The van der Waals surface area contributed by atoms with Gasteiger partial charge in [-0.25, -0.2) is 9.97 Å². The van der Waals surface area contributed by atoms with Crippen molar-refractivity contribution < 1.29 is 19.0 Å². The van der Waals surface area contributed by atoms with Gasteiger partial charge in [-0.15, -0.1) is 0 Å². The highest BCUT2D eigenvalue weighted by Crippen LogP contribution is 2.34. The first-order valence-electron chi connectivity index (χ1n) is 13.4. The molecule has 0 unspecified atom stereocenters. The molecule has 2 aromatic carbocycles. The molecule has 2 aromatic heterocycles. The van der Waals surface area contributed by atoms with Gasteiger partial charge in [-0.1, -0.05) is 17.7 Å². The highest BCUT2D eigenvalue weighted by molar-refractivity contribution is 6.34. The molecule has 0 saturated carbocycles. The predicted molar refractivity (Wildman–Crippen MR) is 153 cm³/mol. The number of pyridine rings is 1. The van der Waals surface area contributed by atoms with E-state index in [1.807, 2.05) is 30.3 Å². The third kappa shape index (κ3) is 5.78. The molecular weight excluding hydrogens is 532 g/mol. The maximum Gasteiger partial charge on any atom is 0.257 e. The van der Waals surface area contributed by atoms with E-state index < -0.39 is 0 Å². The lowest BCUT2D eigenvalue weighted by atomic mass is 10.0. The van der Waals surface area contributed by atoms with Gasteiger partial charge in [0.15, 0.2) is 23.8 Å². The monoisotopic (exact) mass is 562 g/mol. The summed E-state index contributed by atoms with van der Waals surface area (Å²) in [6, 6.07) is 13.9. The SMILES string of the molecule is CNC(=O)COc1ccc(-c2nc3ncc(Cl)c(NC4CCN(Cc5ccc6c(c5)OCCO6)CC4)c3[nH]2)cc1. The molecular formula is C29H31ClN6O4. The molecule has 10 nitrogen and oxygen atoms in total. The van der Waals surface area contributed by atoms with Gasteiger partial charge in [0.2, 0.25) is 0 Å². The van der Waals surface area contributed by atoms with Gasteiger partial charge in [-0.05, 0) is 54.8 Å². The lowest BCUT2D eigenvalue weighted by Gasteiger charge is -2.33. The number of carbonyl (C=O) groups is 1. The zero-order valence-electron chi connectivity index (χ0n) is 22.2. The number of amides is 1. The fourth-order valence-corrected chi connectivity index (χ4v) is 5.22. The van der Waals surface area contributed by atoms with Gasteiger partial charge in [0.1, 0.15) is 30.3 Å². The summed E-state index contributed by atoms with van der Waals surface area (Å²) in [5, 5.41) is 6.75. The number of piperidine rings is 1. The Bertz CT molecular complexity index is 1500. The van der Waals surface area contributed by atoms with Crippen LogP contribution in [0.15, 0.2) is 48.7 Å². The minimum atomic E-state index is -0.185. The second kappa shape index (κ2) is 11.6. The first-order valence-corrected chi connectivity index (χ1v) is 13.8. The second-order valence-corrected chi connectivity index (χ2v) is 10.3. The molecule has 40 heavy (non-hydrogen) atoms. The maximum absolute atomic E-state index is 11.4. The molecule has 11 heteroatoms. The molecule has 0 bridgehead atoms. The average Bonchev–Trinajstić information content (AvgIpc) is 3.43. The number of ether oxygens (including phenoxy) is 3. The van der Waals surface area contributed by atoms with E-state index in [4.69, 9.17) is 25.8 Å². The van der Waals surface area contributed by atoms with Crippen molar-refractivity contribution in [2.75, 3.05) is 45.3 Å². The quantitative estimate of drug-likeness (QED) is 0.292. The maximum atomic E-state index is 11.4. The summed E-state index contributed by atoms with van der Waals surface area (Å²) in [5.74, 6) is 2.76. The van der Waals surface area contributed by atoms with E-state index in [0.717, 1.165) is 60.7 Å². The van der Waals surface area contributed by atoms with E-state index in [0.29, 0.717) is 35.5 Å². The first-order chi connectivity index (χ1) is 19.6. The molecule has 0 aliphatic carbocycles. The van der Waals surface area contributed by atoms with Crippen molar-refractivity contribution in [3.63, 3.8) is 0 Å². The molecule has 0 radical (unpaired) electrons. The number of nitrogens with zero attached hydrogens (tertiary/aromatic N) is 3. The number of H-pyrrole nitrogens is 1. The predicted octanol–water partition coefficient (Wildman–Crippen LogP) is 4.25. The normalized spacial score (nSPS) is 15.7. The molecule has 6 rings (SSSR count). The second-order valence-electron chi connectivity index (χ2n) is 9.92. The number of imidazole rings is 1. The Kier molecular flexibility index (Phi) is 7.61. The van der Waals surface area contributed by atoms with Crippen molar-refractivity contribution in [2.45, 2.75) is 25.4 Å². The van der Waals surface area contributed by atoms with Gasteiger partial charge in [0, 0.05) is 38.3 Å². The molecule has 0 spiro atoms. The molecule has 2 aliphatic heterocycles. The number of fused-ring (bicyclic) bond motifs is 2. The van der Waals surface area contributed by atoms with Crippen molar-refractivity contribution >= 4 is 34.4 Å². The summed E-state index contributed by atoms with van der Waals surface area (Å²) in [7, 11) is 1.58. The van der Waals surface area contributed by atoms with E-state index in [-0.39, 0.29) is 18.6 Å². The molecule has 3 N–H and O–H groups in total. The molecule has 2 aliphatic rings. The minimum Gasteiger partial charge on any atom is -0.486 e. The smallest absolute Gasteiger partial charge is 0.257 e. The lowest BCUT2D eigenvalue weighted by molar-refractivity contribution is -0.122. The number of aromatic amines is 1. The molecule has 1 fully saturated rings. The van der Waals surface area contributed by atoms with Crippen LogP contribution < -0.4 is 24.8 Å². The topological polar surface area (TPSA) is 114 Å². The fraction of sp³-hybridized carbons (Fsp3) is 0.345. The molecule has 208 valence electrons. The van der Waals surface area contributed by atoms with Crippen molar-refractivity contribution in [1.82, 2.24) is 25.2 Å². The highest BCUT2D eigenvalue weighted by atomic mass is 35.5. The average molecular weight is 563 g/mol. The molecule has 4 heterocycles. The Morgan fingerprint density at radius 1 is 1.12 bits per heavy atom. The Hall–Kier alpha value is -4.02. The van der Waals surface area contributed by atoms with Gasteiger partial charge >= 0.3 is 0 Å². The first kappa shape index (κ1) is 26.2. The Balaban J connectivity index is 1.10. The number of carbonyl (C=O) groups excluding carboxylic acids is 1. The standard InChI is InChI=1S/C29H31ClN6O4/c1-31-25(37)17-40-21-5-3-19(4-6-21)28-34-27-26(22(30)15-32-29(27)35-28)33-20-8-10-36(11-9-20)16-18-2-7-23-24(14-18)39-13-12-38-23/h2-7,14-15,20H,8-13,16-17H2,1H3,(H,31,37)(H2,32,33,34,35). The number of aromatic nitrogens is 3. The zero-order valence-corrected chi connectivity index (χ0v) is 23.0. The highest BCUT2D eigenvalue weighted by Gasteiger charge is 2.23. The molecule has 0 atom stereocenters. The summed E-state index contributed by atoms with van der Waals surface area (Å²) in [4.78, 5) is 26.4. The largest absolute Gasteiger partial charge is 0.486 e. The lowest BCUT2D eigenvalue weighted by Crippen LogP contribution is -2.38. The summed E-state index contributed by atoms with van der Waals surface area (Å²) < 4.78 is 16.9. The van der Waals surface area contributed by atoms with Crippen LogP contribution in [0.2, 0.25) is 5.02 Å². The van der Waals surface area contributed by atoms with Crippen molar-refractivity contribution in [2.24, 2.45) is 0 Å². The van der Waals surface area contributed by atoms with E-state index in [2.05, 4.69) is 42.6 Å². The number of anilines is 1. The van der Waals surface area contributed by atoms with Crippen LogP contribution in [0.5, 0.6) is 17.2 Å². The van der Waals surface area contributed by atoms with Gasteiger partial charge in [0.25, 0.3) is 5.91 Å². The van der Waals surface area contributed by atoms with Crippen molar-refractivity contribution in [1.29, 1.82) is 0 Å². The van der Waals surface area contributed by atoms with Crippen LogP contribution in [0, 0.1) is 0 Å². The number of rotatable bonds is 8. The van der Waals surface area contributed by atoms with Crippen LogP contribution >= 0.6 is 11.6 Å². The number of hydrogen-bond donors (Lipinski definition) is 3. The number of likely N-dealkylation sites (N-methyl/N-ethyl adjacent to an activating group) is 1. The van der Waals surface area contributed by atoms with Crippen LogP contribution in [0.4, 0.5) is 5.69 Å². The van der Waals surface area contributed by atoms with Gasteiger partial charge in [0.05, 0.1) is 16.9 Å². The van der Waals surface area contributed by atoms with Gasteiger partial charge < -0.3 is 29.8 Å². The Morgan fingerprint density at radius 3 is 2.67 bits per heavy atom. The Morgan fingerprint density at radius 2 is 1.90 bits per heavy atom. The third-order valence-electron chi connectivity index (χ3n) is 7.20. The van der Waals surface area contributed by atoms with E-state index in [9.17, 15) is 4.79 Å². The zero-order chi connectivity index (χ0) is 27.5. The summed E-state index contributed by atoms with van der Waals surface area (Å²) in [6.45, 7) is 3.99. The number of nitrogens with one attached hydrogen (secondary N) is 3. The summed E-state index contributed by atoms with van der Waals surface area (Å²) in [5.41, 5.74) is 4.30. The van der Waals surface area contributed by atoms with Crippen molar-refractivity contribution in [3.8, 4) is 28.6 Å². The van der Waals surface area contributed by atoms with Crippen LogP contribution in [-0.2, 0) is 11.3 Å². The van der Waals surface area contributed by atoms with E-state index >= 15 is 0 Å². The van der Waals surface area contributed by atoms with Crippen molar-refractivity contribution in [3.05, 3.63) is 59.2 Å². The summed E-state index contributed by atoms with van der Waals surface area (Å²) >= 11 is 6.61. The van der Waals surface area contributed by atoms with Crippen LogP contribution in [-0.4, -0.2) is 71.8 Å². The number of likely N-dealkylation sites (tertiary alicyclic amines) is 1. The summed E-state index contributed by atoms with van der Waals surface area (Å²) in [6.07, 6.45) is 3.62. The Labute approximate surface area is 237 Å². The molecule has 1 amide bonds. The molecule has 1 saturated heterocycles. The van der Waals surface area contributed by atoms with E-state index in [1.54, 1.807) is 13.2 Å². The number of benzene rings is 2. The number of hydrogen-bond acceptors (Lipinski definition) is 8.